The van der Waals surface area contributed by atoms with E-state index in [1.165, 1.54) is 0 Å². The Hall–Kier alpha value is -3.60. The van der Waals surface area contributed by atoms with Crippen molar-refractivity contribution in [3.8, 4) is 11.4 Å². The molecule has 0 saturated carbocycles. The van der Waals surface area contributed by atoms with Crippen LogP contribution in [0.15, 0.2) is 79.3 Å². The zero-order valence-corrected chi connectivity index (χ0v) is 14.6. The molecule has 4 aromatic heterocycles. The highest BCUT2D eigenvalue weighted by atomic mass is 15.1. The molecule has 1 N–H and O–H groups in total. The van der Waals surface area contributed by atoms with Crippen molar-refractivity contribution in [3.63, 3.8) is 0 Å². The molecular weight excluding hydrogens is 334 g/mol. The maximum absolute atomic E-state index is 4.65. The number of nitrogens with one attached hydrogen (secondary N) is 1. The minimum atomic E-state index is -0.427. The lowest BCUT2D eigenvalue weighted by Crippen LogP contribution is -2.32. The zero-order valence-electron chi connectivity index (χ0n) is 14.6. The smallest absolute Gasteiger partial charge is 0.118 e. The van der Waals surface area contributed by atoms with Crippen LogP contribution in [0, 0.1) is 0 Å². The minimum Gasteiger partial charge on any atom is -0.281 e. The van der Waals surface area contributed by atoms with Crippen LogP contribution < -0.4 is 0 Å². The summed E-state index contributed by atoms with van der Waals surface area (Å²) >= 11 is 0. The van der Waals surface area contributed by atoms with Gasteiger partial charge in [0, 0.05) is 36.3 Å². The van der Waals surface area contributed by atoms with E-state index in [4.69, 9.17) is 0 Å². The normalized spacial score (nSPS) is 14.7. The van der Waals surface area contributed by atoms with Gasteiger partial charge in [-0.1, -0.05) is 30.4 Å². The highest BCUT2D eigenvalue weighted by Gasteiger charge is 2.38. The lowest BCUT2D eigenvalue weighted by atomic mass is 9.72. The Kier molecular flexibility index (Phi) is 3.64. The molecule has 0 spiro atoms. The van der Waals surface area contributed by atoms with Crippen LogP contribution in [0.5, 0.6) is 0 Å². The molecule has 130 valence electrons. The van der Waals surface area contributed by atoms with Gasteiger partial charge in [-0.15, -0.1) is 0 Å². The Morgan fingerprint density at radius 3 is 2.04 bits per heavy atom. The summed E-state index contributed by atoms with van der Waals surface area (Å²) in [6, 6.07) is 17.9. The first kappa shape index (κ1) is 15.6. The molecule has 4 heterocycles. The number of H-pyrrole nitrogens is 1. The number of aromatic nitrogens is 5. The first-order valence-electron chi connectivity index (χ1n) is 8.88. The van der Waals surface area contributed by atoms with Gasteiger partial charge >= 0.3 is 0 Å². The Balaban J connectivity index is 1.66. The van der Waals surface area contributed by atoms with Crippen LogP contribution >= 0.6 is 0 Å². The van der Waals surface area contributed by atoms with Crippen LogP contribution in [0.4, 0.5) is 0 Å². The van der Waals surface area contributed by atoms with E-state index in [-0.39, 0.29) is 0 Å². The Morgan fingerprint density at radius 1 is 0.778 bits per heavy atom. The predicted molar refractivity (Wildman–Crippen MR) is 104 cm³/mol. The van der Waals surface area contributed by atoms with Crippen LogP contribution in [-0.4, -0.2) is 25.1 Å². The van der Waals surface area contributed by atoms with Crippen LogP contribution in [0.1, 0.15) is 22.6 Å². The highest BCUT2D eigenvalue weighted by molar-refractivity contribution is 5.74. The summed E-state index contributed by atoms with van der Waals surface area (Å²) in [5.74, 6) is 0. The molecule has 5 nitrogen and oxygen atoms in total. The Labute approximate surface area is 156 Å². The number of nitrogens with zero attached hydrogens (tertiary/aromatic N) is 4. The minimum absolute atomic E-state index is 0.427. The summed E-state index contributed by atoms with van der Waals surface area (Å²) < 4.78 is 0. The first-order chi connectivity index (χ1) is 13.4. The number of fused-ring (bicyclic) bond motifs is 1. The summed E-state index contributed by atoms with van der Waals surface area (Å²) in [4.78, 5) is 13.7. The molecule has 0 amide bonds. The molecule has 0 unspecified atom stereocenters. The van der Waals surface area contributed by atoms with E-state index < -0.39 is 5.41 Å². The van der Waals surface area contributed by atoms with Crippen molar-refractivity contribution in [2.45, 2.75) is 11.8 Å². The average Bonchev–Trinajstić information content (AvgIpc) is 3.18. The van der Waals surface area contributed by atoms with Gasteiger partial charge in [0.05, 0.1) is 22.5 Å². The largest absolute Gasteiger partial charge is 0.281 e. The average molecular weight is 351 g/mol. The van der Waals surface area contributed by atoms with Crippen molar-refractivity contribution < 1.29 is 0 Å². The third-order valence-electron chi connectivity index (χ3n) is 5.02. The third kappa shape index (κ3) is 2.56. The van der Waals surface area contributed by atoms with E-state index in [2.05, 4.69) is 49.4 Å². The summed E-state index contributed by atoms with van der Waals surface area (Å²) in [6.07, 6.45) is 10.5. The summed E-state index contributed by atoms with van der Waals surface area (Å²) in [5, 5.41) is 7.76. The quantitative estimate of drug-likeness (QED) is 0.609. The Bertz CT molecular complexity index is 1050. The molecule has 5 rings (SSSR count). The molecule has 0 radical (unpaired) electrons. The van der Waals surface area contributed by atoms with E-state index in [1.807, 2.05) is 54.9 Å². The van der Waals surface area contributed by atoms with Crippen molar-refractivity contribution in [1.82, 2.24) is 25.1 Å². The summed E-state index contributed by atoms with van der Waals surface area (Å²) in [5.41, 5.74) is 5.40. The predicted octanol–water partition coefficient (Wildman–Crippen LogP) is 3.82. The van der Waals surface area contributed by atoms with Gasteiger partial charge in [0.1, 0.15) is 5.69 Å². The van der Waals surface area contributed by atoms with Crippen molar-refractivity contribution in [1.29, 1.82) is 0 Å². The van der Waals surface area contributed by atoms with E-state index in [0.29, 0.717) is 6.42 Å². The molecule has 27 heavy (non-hydrogen) atoms. The number of allylic oxidation sites excluding steroid dienone is 1. The molecule has 1 aliphatic rings. The number of rotatable bonds is 3. The van der Waals surface area contributed by atoms with Crippen LogP contribution in [-0.2, 0) is 11.8 Å². The third-order valence-corrected chi connectivity index (χ3v) is 5.02. The topological polar surface area (TPSA) is 67.3 Å². The van der Waals surface area contributed by atoms with E-state index in [0.717, 1.165) is 34.0 Å². The molecule has 0 bridgehead atoms. The number of pyridine rings is 3. The van der Waals surface area contributed by atoms with Crippen molar-refractivity contribution in [2.75, 3.05) is 0 Å². The molecule has 5 heteroatoms. The van der Waals surface area contributed by atoms with E-state index >= 15 is 0 Å². The van der Waals surface area contributed by atoms with Gasteiger partial charge in [0.15, 0.2) is 0 Å². The molecule has 1 aliphatic carbocycles. The number of hydrogen-bond donors (Lipinski definition) is 1. The van der Waals surface area contributed by atoms with Gasteiger partial charge in [0.25, 0.3) is 0 Å². The molecule has 4 aromatic rings. The fourth-order valence-corrected chi connectivity index (χ4v) is 3.70. The lowest BCUT2D eigenvalue weighted by molar-refractivity contribution is 0.582. The first-order valence-corrected chi connectivity index (χ1v) is 8.88. The molecule has 0 fully saturated rings. The molecule has 0 atom stereocenters. The maximum Gasteiger partial charge on any atom is 0.118 e. The fourth-order valence-electron chi connectivity index (χ4n) is 3.70. The van der Waals surface area contributed by atoms with Gasteiger partial charge in [-0.3, -0.25) is 20.1 Å². The van der Waals surface area contributed by atoms with Crippen LogP contribution in [0.3, 0.4) is 0 Å². The van der Waals surface area contributed by atoms with Gasteiger partial charge in [-0.2, -0.15) is 5.10 Å². The van der Waals surface area contributed by atoms with Crippen LogP contribution in [0.25, 0.3) is 17.5 Å². The van der Waals surface area contributed by atoms with Gasteiger partial charge < -0.3 is 0 Å². The SMILES string of the molecule is C1=CC(c2ccccn2)(c2ccccn2)Cc2[nH]nc(-c3ccccn3)c21. The lowest BCUT2D eigenvalue weighted by Gasteiger charge is -2.32. The number of hydrogen-bond acceptors (Lipinski definition) is 4. The van der Waals surface area contributed by atoms with Crippen molar-refractivity contribution in [3.05, 3.63) is 102 Å². The highest BCUT2D eigenvalue weighted by Crippen LogP contribution is 2.41. The van der Waals surface area contributed by atoms with Crippen molar-refractivity contribution >= 4 is 6.08 Å². The van der Waals surface area contributed by atoms with E-state index in [1.54, 1.807) is 6.20 Å². The van der Waals surface area contributed by atoms with Gasteiger partial charge in [-0.05, 0) is 36.4 Å². The van der Waals surface area contributed by atoms with E-state index in [9.17, 15) is 0 Å². The zero-order chi connectivity index (χ0) is 18.1. The Morgan fingerprint density at radius 2 is 1.44 bits per heavy atom. The van der Waals surface area contributed by atoms with Crippen molar-refractivity contribution in [2.24, 2.45) is 0 Å². The number of aromatic amines is 1. The second-order valence-electron chi connectivity index (χ2n) is 6.59. The van der Waals surface area contributed by atoms with Gasteiger partial charge in [-0.25, -0.2) is 0 Å². The molecular formula is C22H17N5. The van der Waals surface area contributed by atoms with Crippen LogP contribution in [0.2, 0.25) is 0 Å². The second kappa shape index (κ2) is 6.29. The fraction of sp³-hybridized carbons (Fsp3) is 0.0909. The summed E-state index contributed by atoms with van der Waals surface area (Å²) in [6.45, 7) is 0. The molecule has 0 aromatic carbocycles. The maximum atomic E-state index is 4.65. The monoisotopic (exact) mass is 351 g/mol. The summed E-state index contributed by atoms with van der Waals surface area (Å²) in [7, 11) is 0. The molecule has 0 aliphatic heterocycles. The standard InChI is InChI=1S/C22H17N5/c1-4-12-23-17(7-1)21-16-10-11-22(15-18(16)26-27-21,19-8-2-5-13-24-19)20-9-3-6-14-25-20/h1-14H,15H2,(H,26,27). The molecule has 0 saturated heterocycles. The second-order valence-corrected chi connectivity index (χ2v) is 6.59. The van der Waals surface area contributed by atoms with Gasteiger partial charge in [0.2, 0.25) is 0 Å².